The van der Waals surface area contributed by atoms with E-state index in [1.807, 2.05) is 31.2 Å². The van der Waals surface area contributed by atoms with E-state index in [2.05, 4.69) is 5.16 Å². The SMILES string of the molecule is COc1cc(C(=O)N2c3ccccc3CC2C)on1. The van der Waals surface area contributed by atoms with Crippen molar-refractivity contribution in [2.24, 2.45) is 0 Å². The lowest BCUT2D eigenvalue weighted by Gasteiger charge is -2.20. The van der Waals surface area contributed by atoms with Crippen molar-refractivity contribution in [1.29, 1.82) is 0 Å². The van der Waals surface area contributed by atoms with E-state index in [9.17, 15) is 4.79 Å². The molecule has 0 aliphatic carbocycles. The van der Waals surface area contributed by atoms with Gasteiger partial charge in [0.1, 0.15) is 0 Å². The highest BCUT2D eigenvalue weighted by atomic mass is 16.5. The molecule has 0 N–H and O–H groups in total. The maximum Gasteiger partial charge on any atom is 0.297 e. The van der Waals surface area contributed by atoms with Crippen molar-refractivity contribution < 1.29 is 14.1 Å². The Balaban J connectivity index is 1.95. The summed E-state index contributed by atoms with van der Waals surface area (Å²) in [6, 6.07) is 9.52. The molecule has 1 aliphatic heterocycles. The zero-order valence-electron chi connectivity index (χ0n) is 10.8. The summed E-state index contributed by atoms with van der Waals surface area (Å²) in [7, 11) is 1.49. The van der Waals surface area contributed by atoms with Gasteiger partial charge in [0.15, 0.2) is 0 Å². The predicted molar refractivity (Wildman–Crippen MR) is 69.5 cm³/mol. The average molecular weight is 258 g/mol. The third-order valence-corrected chi connectivity index (χ3v) is 3.33. The molecule has 5 heteroatoms. The van der Waals surface area contributed by atoms with Gasteiger partial charge in [0.2, 0.25) is 5.76 Å². The van der Waals surface area contributed by atoms with Gasteiger partial charge in [0.05, 0.1) is 13.2 Å². The highest BCUT2D eigenvalue weighted by Gasteiger charge is 2.33. The lowest BCUT2D eigenvalue weighted by atomic mass is 10.1. The normalized spacial score (nSPS) is 17.4. The van der Waals surface area contributed by atoms with Crippen LogP contribution in [-0.2, 0) is 6.42 Å². The molecule has 0 saturated heterocycles. The highest BCUT2D eigenvalue weighted by molar-refractivity contribution is 6.06. The molecule has 1 amide bonds. The molecular formula is C14H14N2O3. The molecule has 1 aromatic heterocycles. The summed E-state index contributed by atoms with van der Waals surface area (Å²) in [5, 5.41) is 3.66. The monoisotopic (exact) mass is 258 g/mol. The molecule has 1 unspecified atom stereocenters. The minimum Gasteiger partial charge on any atom is -0.479 e. The number of aromatic nitrogens is 1. The summed E-state index contributed by atoms with van der Waals surface area (Å²) in [4.78, 5) is 14.2. The summed E-state index contributed by atoms with van der Waals surface area (Å²) < 4.78 is 9.96. The molecule has 0 saturated carbocycles. The number of ether oxygens (including phenoxy) is 1. The van der Waals surface area contributed by atoms with Crippen LogP contribution in [0, 0.1) is 0 Å². The van der Waals surface area contributed by atoms with Crippen molar-refractivity contribution in [1.82, 2.24) is 5.16 Å². The predicted octanol–water partition coefficient (Wildman–Crippen LogP) is 2.27. The summed E-state index contributed by atoms with van der Waals surface area (Å²) in [5.74, 6) is 0.317. The second-order valence-corrected chi connectivity index (χ2v) is 4.59. The molecule has 1 atom stereocenters. The number of anilines is 1. The standard InChI is InChI=1S/C14H14N2O3/c1-9-7-10-5-3-4-6-11(10)16(9)14(17)12-8-13(18-2)15-19-12/h3-6,8-9H,7H2,1-2H3. The lowest BCUT2D eigenvalue weighted by Crippen LogP contribution is -2.35. The fraction of sp³-hybridized carbons (Fsp3) is 0.286. The summed E-state index contributed by atoms with van der Waals surface area (Å²) >= 11 is 0. The van der Waals surface area contributed by atoms with E-state index in [-0.39, 0.29) is 17.7 Å². The van der Waals surface area contributed by atoms with Crippen LogP contribution in [0.15, 0.2) is 34.9 Å². The Bertz CT molecular complexity index is 621. The van der Waals surface area contributed by atoms with Gasteiger partial charge in [-0.25, -0.2) is 0 Å². The van der Waals surface area contributed by atoms with E-state index in [0.717, 1.165) is 12.1 Å². The fourth-order valence-electron chi connectivity index (χ4n) is 2.45. The first-order chi connectivity index (χ1) is 9.20. The third-order valence-electron chi connectivity index (χ3n) is 3.33. The van der Waals surface area contributed by atoms with Crippen molar-refractivity contribution in [3.8, 4) is 5.88 Å². The number of hydrogen-bond acceptors (Lipinski definition) is 4. The number of amides is 1. The smallest absolute Gasteiger partial charge is 0.297 e. The van der Waals surface area contributed by atoms with Crippen LogP contribution in [-0.4, -0.2) is 24.2 Å². The number of fused-ring (bicyclic) bond motifs is 1. The largest absolute Gasteiger partial charge is 0.479 e. The van der Waals surface area contributed by atoms with Crippen LogP contribution < -0.4 is 9.64 Å². The quantitative estimate of drug-likeness (QED) is 0.829. The van der Waals surface area contributed by atoms with Gasteiger partial charge in [-0.2, -0.15) is 0 Å². The number of methoxy groups -OCH3 is 1. The number of rotatable bonds is 2. The summed E-state index contributed by atoms with van der Waals surface area (Å²) in [6.07, 6.45) is 0.854. The van der Waals surface area contributed by atoms with Gasteiger partial charge < -0.3 is 14.2 Å². The Morgan fingerprint density at radius 2 is 2.26 bits per heavy atom. The van der Waals surface area contributed by atoms with Gasteiger partial charge >= 0.3 is 0 Å². The second kappa shape index (κ2) is 4.42. The van der Waals surface area contributed by atoms with Crippen LogP contribution in [0.2, 0.25) is 0 Å². The van der Waals surface area contributed by atoms with Crippen molar-refractivity contribution in [2.75, 3.05) is 12.0 Å². The number of carbonyl (C=O) groups is 1. The first kappa shape index (κ1) is 11.8. The Hall–Kier alpha value is -2.30. The van der Waals surface area contributed by atoms with E-state index in [1.54, 1.807) is 4.90 Å². The van der Waals surface area contributed by atoms with E-state index in [1.165, 1.54) is 18.7 Å². The van der Waals surface area contributed by atoms with Crippen LogP contribution >= 0.6 is 0 Å². The summed E-state index contributed by atoms with van der Waals surface area (Å²) in [6.45, 7) is 2.02. The fourth-order valence-corrected chi connectivity index (χ4v) is 2.45. The first-order valence-electron chi connectivity index (χ1n) is 6.13. The zero-order valence-corrected chi connectivity index (χ0v) is 10.8. The second-order valence-electron chi connectivity index (χ2n) is 4.59. The molecule has 1 aliphatic rings. The average Bonchev–Trinajstić information content (AvgIpc) is 3.01. The van der Waals surface area contributed by atoms with Crippen molar-refractivity contribution in [2.45, 2.75) is 19.4 Å². The van der Waals surface area contributed by atoms with Crippen molar-refractivity contribution >= 4 is 11.6 Å². The third kappa shape index (κ3) is 1.87. The Kier molecular flexibility index (Phi) is 2.74. The lowest BCUT2D eigenvalue weighted by molar-refractivity contribution is 0.0945. The van der Waals surface area contributed by atoms with Crippen LogP contribution in [0.5, 0.6) is 5.88 Å². The van der Waals surface area contributed by atoms with Gasteiger partial charge in [0, 0.05) is 11.7 Å². The maximum absolute atomic E-state index is 12.5. The number of hydrogen-bond donors (Lipinski definition) is 0. The molecule has 0 spiro atoms. The zero-order chi connectivity index (χ0) is 13.4. The Morgan fingerprint density at radius 1 is 1.47 bits per heavy atom. The minimum atomic E-state index is -0.187. The van der Waals surface area contributed by atoms with Gasteiger partial charge in [-0.1, -0.05) is 18.2 Å². The molecule has 3 rings (SSSR count). The van der Waals surface area contributed by atoms with E-state index in [4.69, 9.17) is 9.26 Å². The minimum absolute atomic E-state index is 0.112. The molecular weight excluding hydrogens is 244 g/mol. The number of benzene rings is 1. The first-order valence-corrected chi connectivity index (χ1v) is 6.13. The molecule has 2 aromatic rings. The number of carbonyl (C=O) groups excluding carboxylic acids is 1. The van der Waals surface area contributed by atoms with Crippen molar-refractivity contribution in [3.63, 3.8) is 0 Å². The number of para-hydroxylation sites is 1. The van der Waals surface area contributed by atoms with Gasteiger partial charge in [-0.15, -0.1) is 0 Å². The van der Waals surface area contributed by atoms with Crippen LogP contribution in [0.4, 0.5) is 5.69 Å². The van der Waals surface area contributed by atoms with Gasteiger partial charge in [0.25, 0.3) is 11.8 Å². The topological polar surface area (TPSA) is 55.6 Å². The highest BCUT2D eigenvalue weighted by Crippen LogP contribution is 2.33. The Labute approximate surface area is 110 Å². The van der Waals surface area contributed by atoms with Crippen molar-refractivity contribution in [3.05, 3.63) is 41.7 Å². The van der Waals surface area contributed by atoms with E-state index < -0.39 is 0 Å². The van der Waals surface area contributed by atoms with Gasteiger partial charge in [-0.3, -0.25) is 4.79 Å². The number of nitrogens with zero attached hydrogens (tertiary/aromatic N) is 2. The van der Waals surface area contributed by atoms with E-state index in [0.29, 0.717) is 5.88 Å². The van der Waals surface area contributed by atoms with Gasteiger partial charge in [-0.05, 0) is 30.1 Å². The molecule has 19 heavy (non-hydrogen) atoms. The Morgan fingerprint density at radius 3 is 3.00 bits per heavy atom. The van der Waals surface area contributed by atoms with E-state index >= 15 is 0 Å². The molecule has 1 aromatic carbocycles. The molecule has 2 heterocycles. The van der Waals surface area contributed by atoms with Crippen LogP contribution in [0.1, 0.15) is 23.0 Å². The maximum atomic E-state index is 12.5. The molecule has 98 valence electrons. The van der Waals surface area contributed by atoms with Crippen LogP contribution in [0.25, 0.3) is 0 Å². The molecule has 0 bridgehead atoms. The molecule has 0 radical (unpaired) electrons. The van der Waals surface area contributed by atoms with Crippen LogP contribution in [0.3, 0.4) is 0 Å². The summed E-state index contributed by atoms with van der Waals surface area (Å²) in [5.41, 5.74) is 2.12. The molecule has 0 fully saturated rings. The molecule has 5 nitrogen and oxygen atoms in total.